The lowest BCUT2D eigenvalue weighted by molar-refractivity contribution is -0.141. The molecule has 0 aliphatic carbocycles. The quantitative estimate of drug-likeness (QED) is 0.878. The smallest absolute Gasteiger partial charge is 0.336 e. The van der Waals surface area contributed by atoms with Gasteiger partial charge in [-0.1, -0.05) is 0 Å². The molecular weight excluding hydrogens is 318 g/mol. The second-order valence-corrected chi connectivity index (χ2v) is 5.07. The summed E-state index contributed by atoms with van der Waals surface area (Å²) in [5.74, 6) is -3.20. The van der Waals surface area contributed by atoms with Crippen molar-refractivity contribution in [3.63, 3.8) is 0 Å². The molecule has 2 rings (SSSR count). The van der Waals surface area contributed by atoms with E-state index in [0.29, 0.717) is 10.2 Å². The zero-order chi connectivity index (χ0) is 14.2. The number of carbonyl (C=O) groups excluding carboxylic acids is 1. The number of aromatic carboxylic acids is 1. The summed E-state index contributed by atoms with van der Waals surface area (Å²) >= 11 is 3.11. The maximum Gasteiger partial charge on any atom is 0.336 e. The normalized spacial score (nSPS) is 18.7. The fourth-order valence-corrected chi connectivity index (χ4v) is 2.38. The third-order valence-electron chi connectivity index (χ3n) is 2.97. The minimum absolute atomic E-state index is 0.0316. The first kappa shape index (κ1) is 13.5. The van der Waals surface area contributed by atoms with Crippen molar-refractivity contribution in [1.82, 2.24) is 0 Å². The van der Waals surface area contributed by atoms with Crippen molar-refractivity contribution in [2.45, 2.75) is 6.42 Å². The van der Waals surface area contributed by atoms with E-state index < -0.39 is 17.9 Å². The number of halogens is 1. The van der Waals surface area contributed by atoms with E-state index in [2.05, 4.69) is 15.9 Å². The van der Waals surface area contributed by atoms with Crippen LogP contribution in [0.3, 0.4) is 0 Å². The second kappa shape index (κ2) is 5.00. The summed E-state index contributed by atoms with van der Waals surface area (Å²) < 4.78 is 0.408. The number of aliphatic carboxylic acids is 1. The van der Waals surface area contributed by atoms with Gasteiger partial charge in [0.15, 0.2) is 0 Å². The molecule has 1 aliphatic rings. The predicted octanol–water partition coefficient (Wildman–Crippen LogP) is 1.58. The highest BCUT2D eigenvalue weighted by atomic mass is 79.9. The molecule has 1 unspecified atom stereocenters. The van der Waals surface area contributed by atoms with Gasteiger partial charge >= 0.3 is 11.9 Å². The largest absolute Gasteiger partial charge is 0.481 e. The van der Waals surface area contributed by atoms with Gasteiger partial charge in [0.25, 0.3) is 0 Å². The number of carboxylic acid groups (broad SMARTS) is 2. The zero-order valence-electron chi connectivity index (χ0n) is 9.67. The van der Waals surface area contributed by atoms with Crippen LogP contribution in [-0.4, -0.2) is 34.6 Å². The van der Waals surface area contributed by atoms with Gasteiger partial charge in [0.05, 0.1) is 11.5 Å². The van der Waals surface area contributed by atoms with Crippen LogP contribution in [-0.2, 0) is 9.59 Å². The summed E-state index contributed by atoms with van der Waals surface area (Å²) in [6, 6.07) is 4.47. The number of rotatable bonds is 3. The molecule has 1 amide bonds. The first-order valence-corrected chi connectivity index (χ1v) is 6.25. The van der Waals surface area contributed by atoms with Gasteiger partial charge in [-0.05, 0) is 34.1 Å². The van der Waals surface area contributed by atoms with Gasteiger partial charge in [-0.3, -0.25) is 9.59 Å². The molecule has 100 valence electrons. The summed E-state index contributed by atoms with van der Waals surface area (Å²) in [5, 5.41) is 17.9. The summed E-state index contributed by atoms with van der Waals surface area (Å²) in [5.41, 5.74) is 0.429. The van der Waals surface area contributed by atoms with Crippen molar-refractivity contribution in [1.29, 1.82) is 0 Å². The monoisotopic (exact) mass is 327 g/mol. The Morgan fingerprint density at radius 2 is 2.00 bits per heavy atom. The molecule has 0 bridgehead atoms. The van der Waals surface area contributed by atoms with E-state index >= 15 is 0 Å². The van der Waals surface area contributed by atoms with Gasteiger partial charge in [-0.25, -0.2) is 4.79 Å². The molecule has 1 aromatic carbocycles. The molecule has 0 aromatic heterocycles. The van der Waals surface area contributed by atoms with Crippen LogP contribution in [0.1, 0.15) is 16.8 Å². The van der Waals surface area contributed by atoms with E-state index in [9.17, 15) is 14.4 Å². The van der Waals surface area contributed by atoms with Crippen LogP contribution in [0.4, 0.5) is 5.69 Å². The van der Waals surface area contributed by atoms with Crippen LogP contribution in [0.25, 0.3) is 0 Å². The number of hydrogen-bond acceptors (Lipinski definition) is 3. The van der Waals surface area contributed by atoms with Crippen molar-refractivity contribution in [3.05, 3.63) is 28.2 Å². The summed E-state index contributed by atoms with van der Waals surface area (Å²) in [7, 11) is 0. The first-order valence-electron chi connectivity index (χ1n) is 5.46. The molecule has 1 aromatic rings. The molecule has 7 heteroatoms. The summed E-state index contributed by atoms with van der Waals surface area (Å²) in [6.07, 6.45) is -0.0617. The fourth-order valence-electron chi connectivity index (χ4n) is 1.97. The maximum atomic E-state index is 11.8. The SMILES string of the molecule is O=C(O)c1cc(N2CC(C(=O)O)CC2=O)ccc1Br. The van der Waals surface area contributed by atoms with Gasteiger partial charge in [0.1, 0.15) is 0 Å². The van der Waals surface area contributed by atoms with Gasteiger partial charge in [0.2, 0.25) is 5.91 Å². The van der Waals surface area contributed by atoms with Crippen LogP contribution in [0.5, 0.6) is 0 Å². The molecule has 0 spiro atoms. The molecule has 1 fully saturated rings. The lowest BCUT2D eigenvalue weighted by Gasteiger charge is -2.17. The molecule has 1 heterocycles. The molecule has 2 N–H and O–H groups in total. The number of anilines is 1. The highest BCUT2D eigenvalue weighted by molar-refractivity contribution is 9.10. The van der Waals surface area contributed by atoms with E-state index in [1.54, 1.807) is 6.07 Å². The van der Waals surface area contributed by atoms with Gasteiger partial charge in [0, 0.05) is 23.1 Å². The first-order chi connectivity index (χ1) is 8.90. The van der Waals surface area contributed by atoms with Crippen LogP contribution in [0, 0.1) is 5.92 Å². The lowest BCUT2D eigenvalue weighted by Crippen LogP contribution is -2.26. The van der Waals surface area contributed by atoms with E-state index in [1.807, 2.05) is 0 Å². The average molecular weight is 328 g/mol. The van der Waals surface area contributed by atoms with Crippen molar-refractivity contribution in [3.8, 4) is 0 Å². The topological polar surface area (TPSA) is 94.9 Å². The maximum absolute atomic E-state index is 11.8. The molecule has 1 aliphatic heterocycles. The third kappa shape index (κ3) is 2.60. The van der Waals surface area contributed by atoms with Gasteiger partial charge in [-0.15, -0.1) is 0 Å². The highest BCUT2D eigenvalue weighted by Crippen LogP contribution is 2.28. The van der Waals surface area contributed by atoms with Gasteiger partial charge in [-0.2, -0.15) is 0 Å². The van der Waals surface area contributed by atoms with E-state index in [1.165, 1.54) is 17.0 Å². The fraction of sp³-hybridized carbons (Fsp3) is 0.250. The van der Waals surface area contributed by atoms with Crippen LogP contribution >= 0.6 is 15.9 Å². The van der Waals surface area contributed by atoms with E-state index in [-0.39, 0.29) is 24.4 Å². The average Bonchev–Trinajstić information content (AvgIpc) is 2.72. The number of hydrogen-bond donors (Lipinski definition) is 2. The molecule has 0 radical (unpaired) electrons. The Bertz CT molecular complexity index is 571. The molecule has 19 heavy (non-hydrogen) atoms. The summed E-state index contributed by atoms with van der Waals surface area (Å²) in [6.45, 7) is 0.0643. The number of carboxylic acids is 2. The Kier molecular flexibility index (Phi) is 3.57. The Morgan fingerprint density at radius 1 is 1.32 bits per heavy atom. The number of carbonyl (C=O) groups is 3. The van der Waals surface area contributed by atoms with Crippen molar-refractivity contribution in [2.24, 2.45) is 5.92 Å². The minimum atomic E-state index is -1.12. The number of nitrogens with zero attached hydrogens (tertiary/aromatic N) is 1. The Morgan fingerprint density at radius 3 is 2.53 bits per heavy atom. The van der Waals surface area contributed by atoms with Gasteiger partial charge < -0.3 is 15.1 Å². The highest BCUT2D eigenvalue weighted by Gasteiger charge is 2.35. The molecule has 1 atom stereocenters. The molecular formula is C12H10BrNO5. The van der Waals surface area contributed by atoms with Crippen LogP contribution in [0.15, 0.2) is 22.7 Å². The van der Waals surface area contributed by atoms with Crippen molar-refractivity contribution < 1.29 is 24.6 Å². The Balaban J connectivity index is 2.33. The van der Waals surface area contributed by atoms with Crippen molar-refractivity contribution >= 4 is 39.5 Å². The molecule has 6 nitrogen and oxygen atoms in total. The lowest BCUT2D eigenvalue weighted by atomic mass is 10.1. The van der Waals surface area contributed by atoms with Crippen LogP contribution < -0.4 is 4.90 Å². The second-order valence-electron chi connectivity index (χ2n) is 4.21. The number of amides is 1. The minimum Gasteiger partial charge on any atom is -0.481 e. The standard InChI is InChI=1S/C12H10BrNO5/c13-9-2-1-7(4-8(9)12(18)19)14-5-6(11(16)17)3-10(14)15/h1-2,4,6H,3,5H2,(H,16,17)(H,18,19). The zero-order valence-corrected chi connectivity index (χ0v) is 11.3. The van der Waals surface area contributed by atoms with E-state index in [0.717, 1.165) is 0 Å². The summed E-state index contributed by atoms with van der Waals surface area (Å²) in [4.78, 5) is 35.0. The number of benzene rings is 1. The molecule has 0 saturated carbocycles. The Hall–Kier alpha value is -1.89. The van der Waals surface area contributed by atoms with E-state index in [4.69, 9.17) is 10.2 Å². The third-order valence-corrected chi connectivity index (χ3v) is 3.66. The van der Waals surface area contributed by atoms with Crippen LogP contribution in [0.2, 0.25) is 0 Å². The predicted molar refractivity (Wildman–Crippen MR) is 69.2 cm³/mol. The Labute approximate surface area is 116 Å². The molecule has 1 saturated heterocycles. The van der Waals surface area contributed by atoms with Crippen molar-refractivity contribution in [2.75, 3.05) is 11.4 Å².